The normalized spacial score (nSPS) is 10.7. The molecule has 29 heavy (non-hydrogen) atoms. The van der Waals surface area contributed by atoms with Gasteiger partial charge in [0.05, 0.1) is 13.4 Å². The number of ether oxygens (including phenoxy) is 1. The number of benzene rings is 2. The van der Waals surface area contributed by atoms with Crippen molar-refractivity contribution in [2.24, 2.45) is 0 Å². The molecule has 0 bridgehead atoms. The Kier molecular flexibility index (Phi) is 5.07. The molecule has 1 N–H and O–H groups in total. The van der Waals surface area contributed by atoms with Crippen LogP contribution in [0.5, 0.6) is 5.75 Å². The van der Waals surface area contributed by atoms with Crippen LogP contribution in [0.4, 0.5) is 5.69 Å². The Hall–Kier alpha value is -3.94. The number of hydrogen-bond acceptors (Lipinski definition) is 6. The van der Waals surface area contributed by atoms with Crippen LogP contribution in [-0.2, 0) is 11.3 Å². The zero-order valence-electron chi connectivity index (χ0n) is 16.0. The lowest BCUT2D eigenvalue weighted by Gasteiger charge is -2.06. The van der Waals surface area contributed by atoms with E-state index in [2.05, 4.69) is 20.4 Å². The number of nitrogens with one attached hydrogen (secondary N) is 1. The molecule has 146 valence electrons. The quantitative estimate of drug-likeness (QED) is 0.542. The van der Waals surface area contributed by atoms with Gasteiger partial charge in [-0.3, -0.25) is 4.79 Å². The van der Waals surface area contributed by atoms with Crippen LogP contribution in [0, 0.1) is 6.92 Å². The van der Waals surface area contributed by atoms with Crippen LogP contribution < -0.4 is 10.1 Å². The van der Waals surface area contributed by atoms with E-state index in [1.807, 2.05) is 55.5 Å². The monoisotopic (exact) mass is 389 g/mol. The highest BCUT2D eigenvalue weighted by atomic mass is 16.5. The average Bonchev–Trinajstić information content (AvgIpc) is 3.37. The number of anilines is 1. The van der Waals surface area contributed by atoms with Crippen molar-refractivity contribution < 1.29 is 14.1 Å². The van der Waals surface area contributed by atoms with E-state index in [1.165, 1.54) is 0 Å². The van der Waals surface area contributed by atoms with Gasteiger partial charge in [-0.05, 0) is 48.9 Å². The fourth-order valence-electron chi connectivity index (χ4n) is 2.83. The smallest absolute Gasteiger partial charge is 0.258 e. The summed E-state index contributed by atoms with van der Waals surface area (Å²) in [5.74, 6) is 1.34. The second-order valence-corrected chi connectivity index (χ2v) is 6.50. The molecule has 4 aromatic rings. The Bertz CT molecular complexity index is 1130. The summed E-state index contributed by atoms with van der Waals surface area (Å²) < 4.78 is 12.1. The molecule has 0 saturated carbocycles. The van der Waals surface area contributed by atoms with E-state index < -0.39 is 0 Å². The zero-order valence-corrected chi connectivity index (χ0v) is 16.0. The largest absolute Gasteiger partial charge is 0.497 e. The molecule has 8 nitrogen and oxygen atoms in total. The molecule has 0 unspecified atom stereocenters. The van der Waals surface area contributed by atoms with Crippen LogP contribution in [-0.4, -0.2) is 32.7 Å². The Labute approximate surface area is 167 Å². The zero-order chi connectivity index (χ0) is 20.2. The van der Waals surface area contributed by atoms with Crippen molar-refractivity contribution in [1.82, 2.24) is 19.7 Å². The number of hydrogen-bond donors (Lipinski definition) is 1. The first kappa shape index (κ1) is 18.4. The number of carbonyl (C=O) groups excluding carboxylic acids is 1. The van der Waals surface area contributed by atoms with Crippen LogP contribution >= 0.6 is 0 Å². The molecular weight excluding hydrogens is 370 g/mol. The number of rotatable bonds is 6. The van der Waals surface area contributed by atoms with E-state index in [-0.39, 0.29) is 12.5 Å². The average molecular weight is 389 g/mol. The van der Waals surface area contributed by atoms with Crippen LogP contribution in [0.15, 0.2) is 65.6 Å². The van der Waals surface area contributed by atoms with Crippen LogP contribution in [0.1, 0.15) is 5.56 Å². The van der Waals surface area contributed by atoms with E-state index in [0.29, 0.717) is 17.4 Å². The maximum Gasteiger partial charge on any atom is 0.258 e. The van der Waals surface area contributed by atoms with Gasteiger partial charge in [0.2, 0.25) is 11.7 Å². The van der Waals surface area contributed by atoms with Gasteiger partial charge in [0.1, 0.15) is 18.0 Å². The lowest BCUT2D eigenvalue weighted by Crippen LogP contribution is -2.17. The number of aryl methyl sites for hydroxylation is 1. The number of methoxy groups -OCH3 is 1. The van der Waals surface area contributed by atoms with E-state index in [4.69, 9.17) is 9.26 Å². The van der Waals surface area contributed by atoms with Gasteiger partial charge in [-0.2, -0.15) is 4.98 Å². The van der Waals surface area contributed by atoms with Gasteiger partial charge in [0, 0.05) is 17.4 Å². The van der Waals surface area contributed by atoms with Crippen molar-refractivity contribution in [1.29, 1.82) is 0 Å². The summed E-state index contributed by atoms with van der Waals surface area (Å²) in [6, 6.07) is 15.0. The molecule has 0 fully saturated rings. The van der Waals surface area contributed by atoms with Gasteiger partial charge in [0.15, 0.2) is 0 Å². The highest BCUT2D eigenvalue weighted by Gasteiger charge is 2.14. The molecule has 2 aromatic carbocycles. The summed E-state index contributed by atoms with van der Waals surface area (Å²) in [6.45, 7) is 2.10. The number of nitrogens with zero attached hydrogens (tertiary/aromatic N) is 4. The summed E-state index contributed by atoms with van der Waals surface area (Å²) in [5, 5.41) is 6.85. The summed E-state index contributed by atoms with van der Waals surface area (Å²) in [7, 11) is 1.61. The summed E-state index contributed by atoms with van der Waals surface area (Å²) >= 11 is 0. The van der Waals surface area contributed by atoms with Crippen molar-refractivity contribution in [2.75, 3.05) is 12.4 Å². The van der Waals surface area contributed by atoms with Gasteiger partial charge in [-0.25, -0.2) is 4.98 Å². The second-order valence-electron chi connectivity index (χ2n) is 6.50. The van der Waals surface area contributed by atoms with E-state index in [9.17, 15) is 4.79 Å². The number of imidazole rings is 1. The third-order valence-corrected chi connectivity index (χ3v) is 4.25. The first-order valence-electron chi connectivity index (χ1n) is 8.97. The van der Waals surface area contributed by atoms with E-state index in [1.54, 1.807) is 24.2 Å². The fourth-order valence-corrected chi connectivity index (χ4v) is 2.83. The minimum atomic E-state index is -0.147. The van der Waals surface area contributed by atoms with Crippen LogP contribution in [0.2, 0.25) is 0 Å². The number of aromatic nitrogens is 4. The third kappa shape index (κ3) is 4.32. The number of carbonyl (C=O) groups is 1. The maximum atomic E-state index is 12.3. The molecule has 8 heteroatoms. The van der Waals surface area contributed by atoms with Gasteiger partial charge >= 0.3 is 0 Å². The Morgan fingerprint density at radius 1 is 1.21 bits per heavy atom. The van der Waals surface area contributed by atoms with Crippen LogP contribution in [0.25, 0.3) is 23.0 Å². The molecule has 2 aromatic heterocycles. The minimum Gasteiger partial charge on any atom is -0.497 e. The second kappa shape index (κ2) is 7.97. The third-order valence-electron chi connectivity index (χ3n) is 4.25. The lowest BCUT2D eigenvalue weighted by molar-refractivity contribution is -0.116. The standard InChI is InChI=1S/C21H19N5O3/c1-14-4-3-5-16(10-14)23-19(27)12-26-11-18(22-13-26)20-24-21(29-25-20)15-6-8-17(28-2)9-7-15/h3-11,13H,12H2,1-2H3,(H,23,27). The van der Waals surface area contributed by atoms with Crippen molar-refractivity contribution in [3.63, 3.8) is 0 Å². The molecule has 2 heterocycles. The molecule has 0 radical (unpaired) electrons. The minimum absolute atomic E-state index is 0.129. The van der Waals surface area contributed by atoms with Gasteiger partial charge < -0.3 is 19.1 Å². The summed E-state index contributed by atoms with van der Waals surface area (Å²) in [6.07, 6.45) is 3.27. The van der Waals surface area contributed by atoms with E-state index in [0.717, 1.165) is 22.6 Å². The molecule has 0 aliphatic heterocycles. The van der Waals surface area contributed by atoms with Crippen LogP contribution in [0.3, 0.4) is 0 Å². The van der Waals surface area contributed by atoms with Gasteiger partial charge in [-0.1, -0.05) is 17.3 Å². The van der Waals surface area contributed by atoms with Crippen molar-refractivity contribution in [3.8, 4) is 28.7 Å². The Morgan fingerprint density at radius 3 is 2.79 bits per heavy atom. The molecule has 1 amide bonds. The first-order valence-corrected chi connectivity index (χ1v) is 8.97. The molecule has 0 aliphatic carbocycles. The van der Waals surface area contributed by atoms with Crippen molar-refractivity contribution in [2.45, 2.75) is 13.5 Å². The molecular formula is C21H19N5O3. The molecule has 0 aliphatic rings. The van der Waals surface area contributed by atoms with Crippen molar-refractivity contribution >= 4 is 11.6 Å². The van der Waals surface area contributed by atoms with Gasteiger partial charge in [-0.15, -0.1) is 0 Å². The highest BCUT2D eigenvalue weighted by molar-refractivity contribution is 5.90. The summed E-state index contributed by atoms with van der Waals surface area (Å²) in [4.78, 5) is 20.9. The van der Waals surface area contributed by atoms with Crippen molar-refractivity contribution in [3.05, 3.63) is 66.6 Å². The lowest BCUT2D eigenvalue weighted by atomic mass is 10.2. The molecule has 4 rings (SSSR count). The summed E-state index contributed by atoms with van der Waals surface area (Å²) in [5.41, 5.74) is 3.15. The fraction of sp³-hybridized carbons (Fsp3) is 0.143. The SMILES string of the molecule is COc1ccc(-c2nc(-c3cn(CC(=O)Nc4cccc(C)c4)cn3)no2)cc1. The predicted octanol–water partition coefficient (Wildman–Crippen LogP) is 3.56. The molecule has 0 spiro atoms. The Balaban J connectivity index is 1.43. The maximum absolute atomic E-state index is 12.3. The molecule has 0 saturated heterocycles. The predicted molar refractivity (Wildman–Crippen MR) is 107 cm³/mol. The highest BCUT2D eigenvalue weighted by Crippen LogP contribution is 2.23. The first-order chi connectivity index (χ1) is 14.1. The molecule has 0 atom stereocenters. The Morgan fingerprint density at radius 2 is 2.03 bits per heavy atom. The topological polar surface area (TPSA) is 95.1 Å². The van der Waals surface area contributed by atoms with E-state index >= 15 is 0 Å². The van der Waals surface area contributed by atoms with Gasteiger partial charge in [0.25, 0.3) is 5.89 Å². The number of amides is 1.